The molecule has 2 saturated carbocycles. The summed E-state index contributed by atoms with van der Waals surface area (Å²) in [4.78, 5) is 0. The van der Waals surface area contributed by atoms with Crippen LogP contribution in [0.4, 0.5) is 5.69 Å². The van der Waals surface area contributed by atoms with Crippen LogP contribution in [0.2, 0.25) is 0 Å². The van der Waals surface area contributed by atoms with Crippen molar-refractivity contribution in [1.29, 1.82) is 0 Å². The highest BCUT2D eigenvalue weighted by atomic mass is 32.1. The fourth-order valence-electron chi connectivity index (χ4n) is 3.67. The van der Waals surface area contributed by atoms with Gasteiger partial charge in [0.1, 0.15) is 0 Å². The molecule has 5 heteroatoms. The van der Waals surface area contributed by atoms with Gasteiger partial charge in [0, 0.05) is 17.8 Å². The number of anilines is 1. The molecule has 0 amide bonds. The van der Waals surface area contributed by atoms with E-state index in [9.17, 15) is 0 Å². The first-order chi connectivity index (χ1) is 10.2. The molecule has 0 aromatic heterocycles. The first-order valence-corrected chi connectivity index (χ1v) is 7.90. The van der Waals surface area contributed by atoms with E-state index in [0.717, 1.165) is 23.3 Å². The smallest absolute Gasteiger partial charge is 0.171 e. The summed E-state index contributed by atoms with van der Waals surface area (Å²) in [6, 6.07) is 6.26. The van der Waals surface area contributed by atoms with Crippen LogP contribution in [0, 0.1) is 11.8 Å². The van der Waals surface area contributed by atoms with Crippen LogP contribution < -0.4 is 20.1 Å². The van der Waals surface area contributed by atoms with Crippen molar-refractivity contribution < 1.29 is 9.47 Å². The predicted octanol–water partition coefficient (Wildman–Crippen LogP) is 3.18. The maximum absolute atomic E-state index is 5.43. The molecule has 0 heterocycles. The molecule has 2 aliphatic carbocycles. The summed E-state index contributed by atoms with van der Waals surface area (Å²) >= 11 is 5.43. The van der Waals surface area contributed by atoms with E-state index in [4.69, 9.17) is 21.7 Å². The lowest BCUT2D eigenvalue weighted by Gasteiger charge is -2.24. The molecule has 1 aromatic rings. The first kappa shape index (κ1) is 14.4. The third-order valence-electron chi connectivity index (χ3n) is 4.70. The quantitative estimate of drug-likeness (QED) is 0.836. The second-order valence-electron chi connectivity index (χ2n) is 5.95. The average molecular weight is 306 g/mol. The molecule has 2 aliphatic rings. The van der Waals surface area contributed by atoms with Crippen molar-refractivity contribution in [1.82, 2.24) is 5.32 Å². The van der Waals surface area contributed by atoms with Gasteiger partial charge in [-0.1, -0.05) is 6.42 Å². The van der Waals surface area contributed by atoms with E-state index in [2.05, 4.69) is 10.6 Å². The summed E-state index contributed by atoms with van der Waals surface area (Å²) in [7, 11) is 3.26. The second-order valence-corrected chi connectivity index (χ2v) is 6.36. The molecular weight excluding hydrogens is 284 g/mol. The Balaban J connectivity index is 1.59. The Bertz CT molecular complexity index is 535. The van der Waals surface area contributed by atoms with Crippen LogP contribution in [0.5, 0.6) is 11.5 Å². The number of nitrogens with one attached hydrogen (secondary N) is 2. The summed E-state index contributed by atoms with van der Waals surface area (Å²) in [5.41, 5.74) is 0.910. The number of hydrogen-bond acceptors (Lipinski definition) is 3. The molecule has 0 unspecified atom stereocenters. The minimum atomic E-state index is 0.545. The van der Waals surface area contributed by atoms with Crippen LogP contribution in [0.1, 0.15) is 25.7 Å². The van der Waals surface area contributed by atoms with Gasteiger partial charge in [0.25, 0.3) is 0 Å². The molecule has 4 nitrogen and oxygen atoms in total. The molecule has 3 rings (SSSR count). The Labute approximate surface area is 131 Å². The van der Waals surface area contributed by atoms with E-state index in [1.165, 1.54) is 25.7 Å². The third kappa shape index (κ3) is 3.07. The van der Waals surface area contributed by atoms with Crippen LogP contribution in [-0.2, 0) is 0 Å². The highest BCUT2D eigenvalue weighted by Gasteiger charge is 2.39. The van der Waals surface area contributed by atoms with Crippen molar-refractivity contribution in [2.24, 2.45) is 11.8 Å². The van der Waals surface area contributed by atoms with Crippen LogP contribution >= 0.6 is 12.2 Å². The van der Waals surface area contributed by atoms with Crippen molar-refractivity contribution in [3.05, 3.63) is 18.2 Å². The van der Waals surface area contributed by atoms with Crippen molar-refractivity contribution in [3.63, 3.8) is 0 Å². The largest absolute Gasteiger partial charge is 0.493 e. The number of benzene rings is 1. The van der Waals surface area contributed by atoms with Gasteiger partial charge in [0.05, 0.1) is 14.2 Å². The lowest BCUT2D eigenvalue weighted by atomic mass is 9.96. The van der Waals surface area contributed by atoms with Crippen LogP contribution in [0.25, 0.3) is 0 Å². The van der Waals surface area contributed by atoms with Gasteiger partial charge in [-0.05, 0) is 55.4 Å². The summed E-state index contributed by atoms with van der Waals surface area (Å²) in [6.45, 7) is 0. The van der Waals surface area contributed by atoms with Crippen molar-refractivity contribution >= 4 is 23.0 Å². The van der Waals surface area contributed by atoms with Crippen LogP contribution in [-0.4, -0.2) is 25.4 Å². The Hall–Kier alpha value is -1.49. The fourth-order valence-corrected chi connectivity index (χ4v) is 3.94. The molecular formula is C16H22N2O2S. The molecule has 0 aliphatic heterocycles. The molecule has 3 atom stereocenters. The number of hydrogen-bond donors (Lipinski definition) is 2. The average Bonchev–Trinajstić information content (AvgIpc) is 3.09. The number of methoxy groups -OCH3 is 2. The van der Waals surface area contributed by atoms with Gasteiger partial charge in [-0.3, -0.25) is 0 Å². The molecule has 2 fully saturated rings. The third-order valence-corrected chi connectivity index (χ3v) is 4.92. The minimum absolute atomic E-state index is 0.545. The zero-order valence-corrected chi connectivity index (χ0v) is 13.3. The van der Waals surface area contributed by atoms with E-state index in [-0.39, 0.29) is 0 Å². The van der Waals surface area contributed by atoms with Crippen LogP contribution in [0.3, 0.4) is 0 Å². The normalized spacial score (nSPS) is 26.5. The highest BCUT2D eigenvalue weighted by molar-refractivity contribution is 7.80. The van der Waals surface area contributed by atoms with E-state index in [0.29, 0.717) is 16.9 Å². The van der Waals surface area contributed by atoms with E-state index in [1.807, 2.05) is 18.2 Å². The zero-order valence-electron chi connectivity index (χ0n) is 12.5. The number of ether oxygens (including phenoxy) is 2. The maximum atomic E-state index is 5.43. The van der Waals surface area contributed by atoms with Crippen molar-refractivity contribution in [3.8, 4) is 11.5 Å². The summed E-state index contributed by atoms with van der Waals surface area (Å²) in [5.74, 6) is 3.14. The van der Waals surface area contributed by atoms with Gasteiger partial charge < -0.3 is 20.1 Å². The van der Waals surface area contributed by atoms with E-state index >= 15 is 0 Å². The van der Waals surface area contributed by atoms with Gasteiger partial charge in [0.15, 0.2) is 16.6 Å². The minimum Gasteiger partial charge on any atom is -0.493 e. The van der Waals surface area contributed by atoms with Gasteiger partial charge in [0.2, 0.25) is 0 Å². The second kappa shape index (κ2) is 6.10. The van der Waals surface area contributed by atoms with Gasteiger partial charge >= 0.3 is 0 Å². The predicted molar refractivity (Wildman–Crippen MR) is 88.1 cm³/mol. The van der Waals surface area contributed by atoms with E-state index in [1.54, 1.807) is 14.2 Å². The molecule has 0 spiro atoms. The maximum Gasteiger partial charge on any atom is 0.171 e. The number of thiocarbonyl (C=S) groups is 1. The van der Waals surface area contributed by atoms with E-state index < -0.39 is 0 Å². The molecule has 21 heavy (non-hydrogen) atoms. The lowest BCUT2D eigenvalue weighted by Crippen LogP contribution is -2.40. The summed E-state index contributed by atoms with van der Waals surface area (Å²) in [5, 5.41) is 7.41. The molecule has 2 N–H and O–H groups in total. The number of rotatable bonds is 4. The fraction of sp³-hybridized carbons (Fsp3) is 0.562. The first-order valence-electron chi connectivity index (χ1n) is 7.49. The Morgan fingerprint density at radius 2 is 1.95 bits per heavy atom. The molecule has 1 aromatic carbocycles. The molecule has 0 radical (unpaired) electrons. The van der Waals surface area contributed by atoms with Crippen LogP contribution in [0.15, 0.2) is 18.2 Å². The summed E-state index contributed by atoms with van der Waals surface area (Å²) in [6.07, 6.45) is 5.38. The SMILES string of the molecule is COc1ccc(NC(=S)N[C@@H]2C[C@H]3CC[C@@H]2C3)cc1OC. The topological polar surface area (TPSA) is 42.5 Å². The Morgan fingerprint density at radius 1 is 1.14 bits per heavy atom. The number of fused-ring (bicyclic) bond motifs is 2. The zero-order chi connectivity index (χ0) is 14.8. The summed E-state index contributed by atoms with van der Waals surface area (Å²) < 4.78 is 10.5. The van der Waals surface area contributed by atoms with Gasteiger partial charge in [-0.15, -0.1) is 0 Å². The molecule has 114 valence electrons. The Morgan fingerprint density at radius 3 is 2.57 bits per heavy atom. The lowest BCUT2D eigenvalue weighted by molar-refractivity contribution is 0.355. The van der Waals surface area contributed by atoms with Crippen molar-refractivity contribution in [2.75, 3.05) is 19.5 Å². The molecule has 2 bridgehead atoms. The van der Waals surface area contributed by atoms with Gasteiger partial charge in [-0.2, -0.15) is 0 Å². The monoisotopic (exact) mass is 306 g/mol. The Kier molecular flexibility index (Phi) is 4.19. The van der Waals surface area contributed by atoms with Gasteiger partial charge in [-0.25, -0.2) is 0 Å². The molecule has 0 saturated heterocycles. The standard InChI is InChI=1S/C16H22N2O2S/c1-19-14-6-5-12(9-15(14)20-2)17-16(21)18-13-8-10-3-4-11(13)7-10/h5-6,9-11,13H,3-4,7-8H2,1-2H3,(H2,17,18,21)/t10-,11+,13+/m0/s1. The van der Waals surface area contributed by atoms with Crippen molar-refractivity contribution in [2.45, 2.75) is 31.7 Å². The highest BCUT2D eigenvalue weighted by Crippen LogP contribution is 2.44.